The number of carbonyl (C=O) groups is 2. The minimum atomic E-state index is -3.74. The summed E-state index contributed by atoms with van der Waals surface area (Å²) >= 11 is 0. The molecule has 2 rings (SSSR count). The summed E-state index contributed by atoms with van der Waals surface area (Å²) in [5, 5.41) is 9.12. The van der Waals surface area contributed by atoms with Crippen molar-refractivity contribution in [3.05, 3.63) is 53.6 Å². The standard InChI is InChI=1S/C17H20FN3O5S/c1-19(2)27(25,26)14-8-15(20(3)10-14)17(24)21(11-16(22)23)9-12-4-6-13(18)7-5-12/h4-8,10H,9,11H2,1-3H3,(H,22,23). The number of amides is 1. The van der Waals surface area contributed by atoms with Gasteiger partial charge in [-0.2, -0.15) is 0 Å². The number of carbonyl (C=O) groups excluding carboxylic acids is 1. The smallest absolute Gasteiger partial charge is 0.323 e. The number of aliphatic carboxylic acids is 1. The van der Waals surface area contributed by atoms with Crippen molar-refractivity contribution in [1.29, 1.82) is 0 Å². The van der Waals surface area contributed by atoms with Crippen molar-refractivity contribution < 1.29 is 27.5 Å². The van der Waals surface area contributed by atoms with E-state index in [-0.39, 0.29) is 17.1 Å². The molecule has 1 heterocycles. The Hall–Kier alpha value is -2.72. The van der Waals surface area contributed by atoms with Gasteiger partial charge in [0, 0.05) is 33.9 Å². The normalized spacial score (nSPS) is 11.6. The molecule has 0 bridgehead atoms. The van der Waals surface area contributed by atoms with Crippen molar-refractivity contribution in [2.45, 2.75) is 11.4 Å². The highest BCUT2D eigenvalue weighted by Gasteiger charge is 2.26. The van der Waals surface area contributed by atoms with Crippen molar-refractivity contribution in [1.82, 2.24) is 13.8 Å². The largest absolute Gasteiger partial charge is 0.480 e. The summed E-state index contributed by atoms with van der Waals surface area (Å²) in [6, 6.07) is 6.53. The molecule has 10 heteroatoms. The van der Waals surface area contributed by atoms with Crippen LogP contribution < -0.4 is 0 Å². The molecule has 0 saturated heterocycles. The van der Waals surface area contributed by atoms with Crippen LogP contribution in [0.2, 0.25) is 0 Å². The van der Waals surface area contributed by atoms with Gasteiger partial charge in [0.15, 0.2) is 0 Å². The van der Waals surface area contributed by atoms with Crippen LogP contribution in [0, 0.1) is 5.82 Å². The van der Waals surface area contributed by atoms with E-state index in [1.165, 1.54) is 62.2 Å². The first kappa shape index (κ1) is 20.6. The summed E-state index contributed by atoms with van der Waals surface area (Å²) in [5.74, 6) is -2.32. The van der Waals surface area contributed by atoms with Gasteiger partial charge >= 0.3 is 5.97 Å². The molecule has 0 aliphatic carbocycles. The van der Waals surface area contributed by atoms with Crippen LogP contribution in [0.4, 0.5) is 4.39 Å². The van der Waals surface area contributed by atoms with Crippen LogP contribution in [0.1, 0.15) is 16.1 Å². The van der Waals surface area contributed by atoms with Crippen LogP contribution in [0.3, 0.4) is 0 Å². The predicted octanol–water partition coefficient (Wildman–Crippen LogP) is 1.14. The Morgan fingerprint density at radius 1 is 1.19 bits per heavy atom. The quantitative estimate of drug-likeness (QED) is 0.755. The van der Waals surface area contributed by atoms with Crippen LogP contribution >= 0.6 is 0 Å². The second kappa shape index (κ2) is 7.89. The van der Waals surface area contributed by atoms with E-state index in [2.05, 4.69) is 0 Å². The van der Waals surface area contributed by atoms with Gasteiger partial charge in [-0.1, -0.05) is 12.1 Å². The maximum atomic E-state index is 13.1. The summed E-state index contributed by atoms with van der Waals surface area (Å²) in [4.78, 5) is 25.0. The van der Waals surface area contributed by atoms with Crippen molar-refractivity contribution in [2.24, 2.45) is 7.05 Å². The second-order valence-electron chi connectivity index (χ2n) is 6.14. The molecule has 0 radical (unpaired) electrons. The molecule has 0 aliphatic heterocycles. The zero-order valence-electron chi connectivity index (χ0n) is 15.1. The van der Waals surface area contributed by atoms with Gasteiger partial charge in [-0.15, -0.1) is 0 Å². The number of hydrogen-bond donors (Lipinski definition) is 1. The molecule has 1 N–H and O–H groups in total. The molecule has 0 atom stereocenters. The molecule has 2 aromatic rings. The van der Waals surface area contributed by atoms with Crippen LogP contribution in [-0.4, -0.2) is 59.8 Å². The Morgan fingerprint density at radius 2 is 1.78 bits per heavy atom. The lowest BCUT2D eigenvalue weighted by molar-refractivity contribution is -0.137. The van der Waals surface area contributed by atoms with Gasteiger partial charge in [0.25, 0.3) is 5.91 Å². The number of hydrogen-bond acceptors (Lipinski definition) is 4. The molecule has 1 aromatic heterocycles. The first-order chi connectivity index (χ1) is 12.5. The molecule has 0 aliphatic rings. The topological polar surface area (TPSA) is 99.9 Å². The van der Waals surface area contributed by atoms with Crippen molar-refractivity contribution >= 4 is 21.9 Å². The third-order valence-electron chi connectivity index (χ3n) is 3.88. The van der Waals surface area contributed by atoms with Gasteiger partial charge in [-0.05, 0) is 23.8 Å². The third kappa shape index (κ3) is 4.72. The Labute approximate surface area is 156 Å². The Balaban J connectivity index is 2.36. The van der Waals surface area contributed by atoms with E-state index in [0.717, 1.165) is 9.21 Å². The molecule has 1 aromatic carbocycles. The lowest BCUT2D eigenvalue weighted by Crippen LogP contribution is -2.36. The van der Waals surface area contributed by atoms with Crippen LogP contribution in [0.15, 0.2) is 41.4 Å². The second-order valence-corrected chi connectivity index (χ2v) is 8.29. The van der Waals surface area contributed by atoms with E-state index in [1.807, 2.05) is 0 Å². The number of aromatic nitrogens is 1. The number of halogens is 1. The number of carboxylic acid groups (broad SMARTS) is 1. The zero-order valence-corrected chi connectivity index (χ0v) is 15.9. The van der Waals surface area contributed by atoms with E-state index in [9.17, 15) is 22.4 Å². The Kier molecular flexibility index (Phi) is 6.01. The highest BCUT2D eigenvalue weighted by atomic mass is 32.2. The summed E-state index contributed by atoms with van der Waals surface area (Å²) in [6.07, 6.45) is 1.29. The number of aryl methyl sites for hydroxylation is 1. The number of benzene rings is 1. The lowest BCUT2D eigenvalue weighted by Gasteiger charge is -2.21. The number of rotatable bonds is 7. The van der Waals surface area contributed by atoms with Crippen molar-refractivity contribution in [3.8, 4) is 0 Å². The minimum Gasteiger partial charge on any atom is -0.480 e. The third-order valence-corrected chi connectivity index (χ3v) is 5.66. The van der Waals surface area contributed by atoms with Crippen LogP contribution in [0.25, 0.3) is 0 Å². The molecule has 146 valence electrons. The lowest BCUT2D eigenvalue weighted by atomic mass is 10.2. The van der Waals surface area contributed by atoms with Gasteiger partial charge in [0.1, 0.15) is 23.0 Å². The monoisotopic (exact) mass is 397 g/mol. The number of carboxylic acids is 1. The highest BCUT2D eigenvalue weighted by Crippen LogP contribution is 2.19. The number of sulfonamides is 1. The summed E-state index contributed by atoms with van der Waals surface area (Å²) < 4.78 is 39.9. The maximum absolute atomic E-state index is 13.1. The van der Waals surface area contributed by atoms with Crippen LogP contribution in [-0.2, 0) is 28.4 Å². The summed E-state index contributed by atoms with van der Waals surface area (Å²) in [6.45, 7) is -0.649. The fourth-order valence-electron chi connectivity index (χ4n) is 2.43. The first-order valence-corrected chi connectivity index (χ1v) is 9.30. The molecule has 0 saturated carbocycles. The van der Waals surface area contributed by atoms with Crippen molar-refractivity contribution in [2.75, 3.05) is 20.6 Å². The fourth-order valence-corrected chi connectivity index (χ4v) is 3.41. The van der Waals surface area contributed by atoms with Crippen molar-refractivity contribution in [3.63, 3.8) is 0 Å². The van der Waals surface area contributed by atoms with E-state index in [0.29, 0.717) is 5.56 Å². The Morgan fingerprint density at radius 3 is 2.30 bits per heavy atom. The van der Waals surface area contributed by atoms with Gasteiger partial charge in [0.05, 0.1) is 0 Å². The van der Waals surface area contributed by atoms with Gasteiger partial charge in [-0.3, -0.25) is 9.59 Å². The molecule has 27 heavy (non-hydrogen) atoms. The van der Waals surface area contributed by atoms with Crippen LogP contribution in [0.5, 0.6) is 0 Å². The summed E-state index contributed by atoms with van der Waals surface area (Å²) in [7, 11) is 0.498. The van der Waals surface area contributed by atoms with E-state index in [1.54, 1.807) is 0 Å². The van der Waals surface area contributed by atoms with E-state index in [4.69, 9.17) is 5.11 Å². The summed E-state index contributed by atoms with van der Waals surface area (Å²) in [5.41, 5.74) is 0.570. The predicted molar refractivity (Wildman–Crippen MR) is 95.1 cm³/mol. The highest BCUT2D eigenvalue weighted by molar-refractivity contribution is 7.89. The average molecular weight is 397 g/mol. The minimum absolute atomic E-state index is 0.0267. The molecular formula is C17H20FN3O5S. The molecule has 0 unspecified atom stereocenters. The maximum Gasteiger partial charge on any atom is 0.323 e. The Bertz CT molecular complexity index is 951. The zero-order chi connectivity index (χ0) is 20.4. The molecule has 1 amide bonds. The molecule has 8 nitrogen and oxygen atoms in total. The fraction of sp³-hybridized carbons (Fsp3) is 0.294. The molecule has 0 spiro atoms. The van der Waals surface area contributed by atoms with E-state index < -0.39 is 34.3 Å². The van der Waals surface area contributed by atoms with E-state index >= 15 is 0 Å². The molecular weight excluding hydrogens is 377 g/mol. The van der Waals surface area contributed by atoms with Gasteiger partial charge in [-0.25, -0.2) is 17.1 Å². The first-order valence-electron chi connectivity index (χ1n) is 7.86. The SMILES string of the molecule is CN(C)S(=O)(=O)c1cc(C(=O)N(CC(=O)O)Cc2ccc(F)cc2)n(C)c1. The molecule has 0 fully saturated rings. The number of nitrogens with zero attached hydrogens (tertiary/aromatic N) is 3. The average Bonchev–Trinajstić information content (AvgIpc) is 2.97. The van der Waals surface area contributed by atoms with Gasteiger partial charge < -0.3 is 14.6 Å². The van der Waals surface area contributed by atoms with Gasteiger partial charge in [0.2, 0.25) is 10.0 Å².